The molecular weight excluding hydrogens is 396 g/mol. The van der Waals surface area contributed by atoms with Crippen molar-refractivity contribution in [2.45, 2.75) is 33.2 Å². The summed E-state index contributed by atoms with van der Waals surface area (Å²) in [5, 5.41) is 14.5. The molecule has 0 saturated heterocycles. The fraction of sp³-hybridized carbons (Fsp3) is 0.231. The Balaban J connectivity index is 1.43. The molecule has 0 radical (unpaired) electrons. The number of fused-ring (bicyclic) bond motifs is 1. The van der Waals surface area contributed by atoms with Crippen LogP contribution in [-0.2, 0) is 19.4 Å². The summed E-state index contributed by atoms with van der Waals surface area (Å²) in [6.07, 6.45) is 6.37. The number of benzene rings is 2. The third-order valence-electron chi connectivity index (χ3n) is 5.97. The zero-order valence-corrected chi connectivity index (χ0v) is 18.4. The second kappa shape index (κ2) is 8.75. The van der Waals surface area contributed by atoms with Crippen molar-refractivity contribution in [3.63, 3.8) is 0 Å². The number of H-pyrrole nitrogens is 1. The molecule has 0 spiro atoms. The first-order valence-corrected chi connectivity index (χ1v) is 11.1. The summed E-state index contributed by atoms with van der Waals surface area (Å²) in [6, 6.07) is 19.2. The minimum Gasteiger partial charge on any atom is -0.363 e. The predicted octanol–water partition coefficient (Wildman–Crippen LogP) is 5.09. The van der Waals surface area contributed by atoms with E-state index >= 15 is 0 Å². The Morgan fingerprint density at radius 2 is 1.78 bits per heavy atom. The SMILES string of the molecule is CCc1cc2c(c(CC)n1)C=CCN2Cc1ccc(-c2ccccc2-c2nn[nH]n2)cc1. The van der Waals surface area contributed by atoms with Crippen LogP contribution in [0.25, 0.3) is 28.6 Å². The van der Waals surface area contributed by atoms with Crippen LogP contribution >= 0.6 is 0 Å². The smallest absolute Gasteiger partial charge is 0.205 e. The average Bonchev–Trinajstić information content (AvgIpc) is 3.39. The maximum Gasteiger partial charge on any atom is 0.205 e. The molecule has 0 fully saturated rings. The molecule has 6 nitrogen and oxygen atoms in total. The van der Waals surface area contributed by atoms with E-state index in [4.69, 9.17) is 4.98 Å². The van der Waals surface area contributed by atoms with Crippen molar-refractivity contribution < 1.29 is 0 Å². The van der Waals surface area contributed by atoms with E-state index in [1.165, 1.54) is 22.5 Å². The van der Waals surface area contributed by atoms with Gasteiger partial charge >= 0.3 is 0 Å². The maximum atomic E-state index is 4.84. The molecule has 1 aliphatic rings. The van der Waals surface area contributed by atoms with E-state index in [1.54, 1.807) is 0 Å². The highest BCUT2D eigenvalue weighted by Crippen LogP contribution is 2.32. The van der Waals surface area contributed by atoms with Gasteiger partial charge in [0.15, 0.2) is 0 Å². The quantitative estimate of drug-likeness (QED) is 0.469. The molecule has 0 aliphatic carbocycles. The molecule has 2 aromatic heterocycles. The van der Waals surface area contributed by atoms with Gasteiger partial charge in [-0.2, -0.15) is 5.21 Å². The van der Waals surface area contributed by atoms with Crippen LogP contribution in [-0.4, -0.2) is 32.2 Å². The summed E-state index contributed by atoms with van der Waals surface area (Å²) < 4.78 is 0. The lowest BCUT2D eigenvalue weighted by molar-refractivity contribution is 0.843. The predicted molar refractivity (Wildman–Crippen MR) is 128 cm³/mol. The van der Waals surface area contributed by atoms with E-state index in [9.17, 15) is 0 Å². The first-order chi connectivity index (χ1) is 15.8. The summed E-state index contributed by atoms with van der Waals surface area (Å²) in [7, 11) is 0. The van der Waals surface area contributed by atoms with Crippen molar-refractivity contribution in [1.29, 1.82) is 0 Å². The average molecular weight is 423 g/mol. The molecule has 1 aliphatic heterocycles. The third-order valence-corrected chi connectivity index (χ3v) is 5.97. The number of hydrogen-bond donors (Lipinski definition) is 1. The van der Waals surface area contributed by atoms with Gasteiger partial charge in [0.2, 0.25) is 5.82 Å². The molecule has 1 N–H and O–H groups in total. The molecular formula is C26H26N6. The molecule has 0 amide bonds. The van der Waals surface area contributed by atoms with Gasteiger partial charge < -0.3 is 4.90 Å². The number of aromatic nitrogens is 5. The Morgan fingerprint density at radius 3 is 2.50 bits per heavy atom. The lowest BCUT2D eigenvalue weighted by Gasteiger charge is -2.30. The largest absolute Gasteiger partial charge is 0.363 e. The summed E-state index contributed by atoms with van der Waals surface area (Å²) in [5.74, 6) is 0.605. The van der Waals surface area contributed by atoms with Gasteiger partial charge in [-0.05, 0) is 40.8 Å². The van der Waals surface area contributed by atoms with Gasteiger partial charge in [0, 0.05) is 41.3 Å². The highest BCUT2D eigenvalue weighted by atomic mass is 15.5. The maximum absolute atomic E-state index is 4.84. The van der Waals surface area contributed by atoms with E-state index in [0.29, 0.717) is 5.82 Å². The van der Waals surface area contributed by atoms with Crippen molar-refractivity contribution in [3.05, 3.63) is 83.2 Å². The van der Waals surface area contributed by atoms with Crippen molar-refractivity contribution in [2.75, 3.05) is 11.4 Å². The van der Waals surface area contributed by atoms with Crippen LogP contribution in [0.1, 0.15) is 36.4 Å². The minimum absolute atomic E-state index is 0.605. The van der Waals surface area contributed by atoms with Crippen LogP contribution in [0.15, 0.2) is 60.7 Å². The molecule has 0 unspecified atom stereocenters. The van der Waals surface area contributed by atoms with E-state index in [0.717, 1.165) is 48.3 Å². The Hall–Kier alpha value is -3.80. The highest BCUT2D eigenvalue weighted by Gasteiger charge is 2.18. The Labute approximate surface area is 188 Å². The van der Waals surface area contributed by atoms with Crippen LogP contribution < -0.4 is 4.90 Å². The van der Waals surface area contributed by atoms with Gasteiger partial charge in [0.1, 0.15) is 0 Å². The normalized spacial score (nSPS) is 12.8. The molecule has 3 heterocycles. The minimum atomic E-state index is 0.605. The van der Waals surface area contributed by atoms with Gasteiger partial charge in [0.05, 0.1) is 0 Å². The second-order valence-electron chi connectivity index (χ2n) is 7.96. The summed E-state index contributed by atoms with van der Waals surface area (Å²) >= 11 is 0. The second-order valence-corrected chi connectivity index (χ2v) is 7.96. The summed E-state index contributed by atoms with van der Waals surface area (Å²) in [6.45, 7) is 6.12. The van der Waals surface area contributed by atoms with Crippen LogP contribution in [0, 0.1) is 0 Å². The Bertz CT molecular complexity index is 1240. The van der Waals surface area contributed by atoms with Crippen LogP contribution in [0.5, 0.6) is 0 Å². The molecule has 160 valence electrons. The van der Waals surface area contributed by atoms with Crippen molar-refractivity contribution in [2.24, 2.45) is 0 Å². The molecule has 0 atom stereocenters. The lowest BCUT2D eigenvalue weighted by atomic mass is 9.98. The number of tetrazole rings is 1. The van der Waals surface area contributed by atoms with Crippen molar-refractivity contribution >= 4 is 11.8 Å². The molecule has 0 bridgehead atoms. The van der Waals surface area contributed by atoms with Crippen LogP contribution in [0.4, 0.5) is 5.69 Å². The monoisotopic (exact) mass is 422 g/mol. The molecule has 4 aromatic rings. The number of anilines is 1. The Morgan fingerprint density at radius 1 is 0.969 bits per heavy atom. The zero-order chi connectivity index (χ0) is 21.9. The van der Waals surface area contributed by atoms with Crippen molar-refractivity contribution in [3.8, 4) is 22.5 Å². The fourth-order valence-corrected chi connectivity index (χ4v) is 4.30. The van der Waals surface area contributed by atoms with Crippen LogP contribution in [0.2, 0.25) is 0 Å². The number of hydrogen-bond acceptors (Lipinski definition) is 5. The van der Waals surface area contributed by atoms with Crippen LogP contribution in [0.3, 0.4) is 0 Å². The number of aromatic amines is 1. The van der Waals surface area contributed by atoms with E-state index < -0.39 is 0 Å². The van der Waals surface area contributed by atoms with Gasteiger partial charge in [-0.1, -0.05) is 74.5 Å². The van der Waals surface area contributed by atoms with Gasteiger partial charge in [0.25, 0.3) is 0 Å². The number of aryl methyl sites for hydroxylation is 2. The zero-order valence-electron chi connectivity index (χ0n) is 18.4. The first kappa shape index (κ1) is 20.1. The number of pyridine rings is 1. The van der Waals surface area contributed by atoms with Gasteiger partial charge in [-0.3, -0.25) is 4.98 Å². The molecule has 0 saturated carbocycles. The number of rotatable bonds is 6. The summed E-state index contributed by atoms with van der Waals surface area (Å²) in [4.78, 5) is 7.29. The first-order valence-electron chi connectivity index (χ1n) is 11.1. The Kier molecular flexibility index (Phi) is 5.50. The lowest BCUT2D eigenvalue weighted by Crippen LogP contribution is -2.26. The molecule has 32 heavy (non-hydrogen) atoms. The number of nitrogens with zero attached hydrogens (tertiary/aromatic N) is 5. The third kappa shape index (κ3) is 3.80. The van der Waals surface area contributed by atoms with Gasteiger partial charge in [-0.15, -0.1) is 10.2 Å². The molecule has 6 heteroatoms. The molecule has 2 aromatic carbocycles. The van der Waals surface area contributed by atoms with E-state index in [1.807, 2.05) is 18.2 Å². The van der Waals surface area contributed by atoms with Gasteiger partial charge in [-0.25, -0.2) is 0 Å². The van der Waals surface area contributed by atoms with E-state index in [-0.39, 0.29) is 0 Å². The summed E-state index contributed by atoms with van der Waals surface area (Å²) in [5.41, 5.74) is 9.39. The highest BCUT2D eigenvalue weighted by molar-refractivity contribution is 5.80. The molecule has 5 rings (SSSR count). The topological polar surface area (TPSA) is 70.6 Å². The van der Waals surface area contributed by atoms with Crippen molar-refractivity contribution in [1.82, 2.24) is 25.6 Å². The standard InChI is InChI=1S/C26H26N6/c1-3-20-16-25-23(24(4-2)27-20)10-7-15-32(25)17-18-11-13-19(14-12-18)21-8-5-6-9-22(21)26-28-30-31-29-26/h5-14,16H,3-4,15,17H2,1-2H3,(H,28,29,30,31). The fourth-order valence-electron chi connectivity index (χ4n) is 4.30. The number of nitrogens with one attached hydrogen (secondary N) is 1. The van der Waals surface area contributed by atoms with E-state index in [2.05, 4.69) is 87.9 Å².